The highest BCUT2D eigenvalue weighted by molar-refractivity contribution is 8.87. The summed E-state index contributed by atoms with van der Waals surface area (Å²) in [7, 11) is 1.82. The summed E-state index contributed by atoms with van der Waals surface area (Å²) in [5.41, 5.74) is 0. The van der Waals surface area contributed by atoms with Gasteiger partial charge in [0.25, 0.3) is 0 Å². The Hall–Kier alpha value is -0.0400. The lowest BCUT2D eigenvalue weighted by molar-refractivity contribution is -0.112. The predicted molar refractivity (Wildman–Crippen MR) is 57.8 cm³/mol. The van der Waals surface area contributed by atoms with E-state index in [1.807, 2.05) is 0 Å². The molecule has 2 N–H and O–H groups in total. The standard InChI is InChI=1S/C8H14O4S2/c9-5-1-3-7(11)13-14-8(12)4-2-6-10/h9-10H,1-6H2. The van der Waals surface area contributed by atoms with Gasteiger partial charge >= 0.3 is 0 Å². The Morgan fingerprint density at radius 1 is 0.857 bits per heavy atom. The number of aliphatic hydroxyl groups excluding tert-OH is 2. The van der Waals surface area contributed by atoms with Crippen LogP contribution < -0.4 is 0 Å². The average molecular weight is 238 g/mol. The zero-order valence-electron chi connectivity index (χ0n) is 7.77. The maximum Gasteiger partial charge on any atom is 0.199 e. The maximum absolute atomic E-state index is 11.0. The number of rotatable bonds is 6. The van der Waals surface area contributed by atoms with Crippen molar-refractivity contribution in [3.63, 3.8) is 0 Å². The molecule has 0 radical (unpaired) electrons. The molecular formula is C8H14O4S2. The monoisotopic (exact) mass is 238 g/mol. The minimum atomic E-state index is -0.0959. The number of carbonyl (C=O) groups excluding carboxylic acids is 2. The third-order valence-corrected chi connectivity index (χ3v) is 3.53. The van der Waals surface area contributed by atoms with Gasteiger partial charge in [-0.3, -0.25) is 9.59 Å². The molecule has 0 aromatic heterocycles. The number of carbonyl (C=O) groups is 2. The zero-order valence-corrected chi connectivity index (χ0v) is 9.40. The van der Waals surface area contributed by atoms with Gasteiger partial charge in [-0.2, -0.15) is 0 Å². The van der Waals surface area contributed by atoms with E-state index in [2.05, 4.69) is 0 Å². The largest absolute Gasteiger partial charge is 0.396 e. The number of hydrogen-bond donors (Lipinski definition) is 2. The molecule has 0 aromatic carbocycles. The summed E-state index contributed by atoms with van der Waals surface area (Å²) in [5.74, 6) is 0. The van der Waals surface area contributed by atoms with E-state index in [0.29, 0.717) is 25.7 Å². The van der Waals surface area contributed by atoms with Gasteiger partial charge in [-0.05, 0) is 34.4 Å². The summed E-state index contributed by atoms with van der Waals surface area (Å²) >= 11 is 0. The smallest absolute Gasteiger partial charge is 0.199 e. The quantitative estimate of drug-likeness (QED) is 0.672. The fourth-order valence-corrected chi connectivity index (χ4v) is 2.32. The Balaban J connectivity index is 3.41. The van der Waals surface area contributed by atoms with Crippen LogP contribution in [0.3, 0.4) is 0 Å². The molecule has 82 valence electrons. The van der Waals surface area contributed by atoms with Crippen LogP contribution in [0.25, 0.3) is 0 Å². The SMILES string of the molecule is O=C(CCCO)SSC(=O)CCCO. The molecule has 0 aliphatic rings. The highest BCUT2D eigenvalue weighted by atomic mass is 33.1. The van der Waals surface area contributed by atoms with Crippen LogP contribution >= 0.6 is 21.6 Å². The Morgan fingerprint density at radius 3 is 1.50 bits per heavy atom. The minimum Gasteiger partial charge on any atom is -0.396 e. The molecule has 0 saturated carbocycles. The Labute approximate surface area is 90.9 Å². The average Bonchev–Trinajstić information content (AvgIpc) is 2.20. The molecule has 0 aromatic rings. The fraction of sp³-hybridized carbons (Fsp3) is 0.750. The molecule has 0 atom stereocenters. The predicted octanol–water partition coefficient (Wildman–Crippen LogP) is 0.966. The first kappa shape index (κ1) is 14.0. The lowest BCUT2D eigenvalue weighted by Gasteiger charge is -1.98. The van der Waals surface area contributed by atoms with Crippen LogP contribution in [0.1, 0.15) is 25.7 Å². The van der Waals surface area contributed by atoms with Crippen LogP contribution in [-0.2, 0) is 9.59 Å². The first-order valence-electron chi connectivity index (χ1n) is 4.32. The molecule has 0 aliphatic heterocycles. The summed E-state index contributed by atoms with van der Waals surface area (Å²) in [6.45, 7) is -0.00908. The van der Waals surface area contributed by atoms with E-state index in [9.17, 15) is 9.59 Å². The van der Waals surface area contributed by atoms with Gasteiger partial charge in [0, 0.05) is 26.1 Å². The van der Waals surface area contributed by atoms with Gasteiger partial charge in [0.05, 0.1) is 0 Å². The molecule has 14 heavy (non-hydrogen) atoms. The Morgan fingerprint density at radius 2 is 1.21 bits per heavy atom. The molecule has 0 amide bonds. The van der Waals surface area contributed by atoms with Crippen molar-refractivity contribution in [3.8, 4) is 0 Å². The van der Waals surface area contributed by atoms with Crippen molar-refractivity contribution in [2.75, 3.05) is 13.2 Å². The van der Waals surface area contributed by atoms with Crippen LogP contribution in [0.5, 0.6) is 0 Å². The number of hydrogen-bond acceptors (Lipinski definition) is 6. The molecule has 0 fully saturated rings. The van der Waals surface area contributed by atoms with E-state index >= 15 is 0 Å². The van der Waals surface area contributed by atoms with Gasteiger partial charge < -0.3 is 10.2 Å². The second kappa shape index (κ2) is 9.51. The van der Waals surface area contributed by atoms with Gasteiger partial charge in [-0.15, -0.1) is 0 Å². The first-order chi connectivity index (χ1) is 6.70. The summed E-state index contributed by atoms with van der Waals surface area (Å²) in [6, 6.07) is 0. The fourth-order valence-electron chi connectivity index (χ4n) is 0.623. The molecule has 0 bridgehead atoms. The van der Waals surface area contributed by atoms with Crippen LogP contribution in [0, 0.1) is 0 Å². The highest BCUT2D eigenvalue weighted by Gasteiger charge is 2.08. The van der Waals surface area contributed by atoms with E-state index < -0.39 is 0 Å². The Kier molecular flexibility index (Phi) is 9.49. The summed E-state index contributed by atoms with van der Waals surface area (Å²) in [5, 5.41) is 16.7. The van der Waals surface area contributed by atoms with Crippen molar-refractivity contribution >= 4 is 31.8 Å². The van der Waals surface area contributed by atoms with E-state index in [0.717, 1.165) is 21.6 Å². The molecule has 0 rings (SSSR count). The van der Waals surface area contributed by atoms with Crippen LogP contribution in [-0.4, -0.2) is 33.7 Å². The first-order valence-corrected chi connectivity index (χ1v) is 6.47. The van der Waals surface area contributed by atoms with Gasteiger partial charge in [0.1, 0.15) is 0 Å². The normalized spacial score (nSPS) is 10.1. The molecule has 6 heteroatoms. The van der Waals surface area contributed by atoms with Crippen molar-refractivity contribution < 1.29 is 19.8 Å². The zero-order chi connectivity index (χ0) is 10.8. The number of aliphatic hydroxyl groups is 2. The molecular weight excluding hydrogens is 224 g/mol. The van der Waals surface area contributed by atoms with E-state index in [1.54, 1.807) is 0 Å². The second-order valence-electron chi connectivity index (χ2n) is 2.57. The molecule has 0 unspecified atom stereocenters. The molecule has 0 saturated heterocycles. The van der Waals surface area contributed by atoms with Gasteiger partial charge in [-0.25, -0.2) is 0 Å². The summed E-state index contributed by atoms with van der Waals surface area (Å²) in [4.78, 5) is 22.0. The summed E-state index contributed by atoms with van der Waals surface area (Å²) in [6.07, 6.45) is 1.47. The molecule has 0 spiro atoms. The van der Waals surface area contributed by atoms with Crippen molar-refractivity contribution in [1.29, 1.82) is 0 Å². The van der Waals surface area contributed by atoms with E-state index in [1.165, 1.54) is 0 Å². The topological polar surface area (TPSA) is 74.6 Å². The van der Waals surface area contributed by atoms with Crippen molar-refractivity contribution in [2.24, 2.45) is 0 Å². The third kappa shape index (κ3) is 8.55. The molecule has 0 aliphatic carbocycles. The van der Waals surface area contributed by atoms with Gasteiger partial charge in [-0.1, -0.05) is 0 Å². The highest BCUT2D eigenvalue weighted by Crippen LogP contribution is 2.26. The van der Waals surface area contributed by atoms with E-state index in [4.69, 9.17) is 10.2 Å². The van der Waals surface area contributed by atoms with Crippen LogP contribution in [0.15, 0.2) is 0 Å². The molecule has 4 nitrogen and oxygen atoms in total. The summed E-state index contributed by atoms with van der Waals surface area (Å²) < 4.78 is 0. The minimum absolute atomic E-state index is 0.00454. The molecule has 0 heterocycles. The van der Waals surface area contributed by atoms with E-state index in [-0.39, 0.29) is 23.4 Å². The van der Waals surface area contributed by atoms with Gasteiger partial charge in [0.2, 0.25) is 0 Å². The second-order valence-corrected chi connectivity index (χ2v) is 4.81. The van der Waals surface area contributed by atoms with Crippen molar-refractivity contribution in [3.05, 3.63) is 0 Å². The van der Waals surface area contributed by atoms with Crippen LogP contribution in [0.2, 0.25) is 0 Å². The Bertz CT molecular complexity index is 164. The lowest BCUT2D eigenvalue weighted by atomic mass is 10.3. The van der Waals surface area contributed by atoms with Crippen molar-refractivity contribution in [1.82, 2.24) is 0 Å². The van der Waals surface area contributed by atoms with Crippen molar-refractivity contribution in [2.45, 2.75) is 25.7 Å². The lowest BCUT2D eigenvalue weighted by Crippen LogP contribution is -1.95. The van der Waals surface area contributed by atoms with Crippen LogP contribution in [0.4, 0.5) is 0 Å². The third-order valence-electron chi connectivity index (χ3n) is 1.31. The van der Waals surface area contributed by atoms with Gasteiger partial charge in [0.15, 0.2) is 10.2 Å². The maximum atomic E-state index is 11.0.